The van der Waals surface area contributed by atoms with Gasteiger partial charge in [0.2, 0.25) is 5.88 Å². The summed E-state index contributed by atoms with van der Waals surface area (Å²) in [6, 6.07) is 2.98. The first-order chi connectivity index (χ1) is 11.9. The van der Waals surface area contributed by atoms with E-state index in [0.717, 1.165) is 6.07 Å². The lowest BCUT2D eigenvalue weighted by molar-refractivity contribution is -0.139. The number of nitrogens with two attached hydrogens (primary N) is 1. The molecule has 0 radical (unpaired) electrons. The topological polar surface area (TPSA) is 78.6 Å². The standard InChI is InChI=1S/C18H17F2NO4/c1-2-24-18(23)16-14(10-7-6-9(19)8-11(10)20)15-12(22)4-3-5-13(15)25-17(16)21/h6-8,14H,2-5,21H2,1H3. The fourth-order valence-corrected chi connectivity index (χ4v) is 3.21. The highest BCUT2D eigenvalue weighted by Gasteiger charge is 2.42. The number of benzene rings is 1. The predicted octanol–water partition coefficient (Wildman–Crippen LogP) is 2.82. The molecule has 1 aromatic carbocycles. The van der Waals surface area contributed by atoms with E-state index in [9.17, 15) is 18.4 Å². The molecular weight excluding hydrogens is 332 g/mol. The van der Waals surface area contributed by atoms with Crippen molar-refractivity contribution in [1.82, 2.24) is 0 Å². The number of esters is 1. The Labute approximate surface area is 143 Å². The molecule has 1 aliphatic carbocycles. The minimum atomic E-state index is -1.07. The number of allylic oxidation sites excluding steroid dienone is 2. The second kappa shape index (κ2) is 6.66. The van der Waals surface area contributed by atoms with E-state index in [4.69, 9.17) is 15.2 Å². The van der Waals surface area contributed by atoms with Gasteiger partial charge >= 0.3 is 5.97 Å². The van der Waals surface area contributed by atoms with Crippen LogP contribution in [0, 0.1) is 11.6 Å². The Morgan fingerprint density at radius 1 is 1.36 bits per heavy atom. The minimum Gasteiger partial charge on any atom is -0.462 e. The van der Waals surface area contributed by atoms with E-state index in [-0.39, 0.29) is 41.4 Å². The van der Waals surface area contributed by atoms with Gasteiger partial charge in [-0.1, -0.05) is 6.07 Å². The molecule has 0 fully saturated rings. The number of carbonyl (C=O) groups excluding carboxylic acids is 2. The quantitative estimate of drug-likeness (QED) is 0.849. The monoisotopic (exact) mass is 349 g/mol. The molecule has 1 aromatic rings. The van der Waals surface area contributed by atoms with Crippen LogP contribution in [-0.4, -0.2) is 18.4 Å². The maximum atomic E-state index is 14.4. The molecule has 132 valence electrons. The van der Waals surface area contributed by atoms with Crippen LogP contribution in [0.2, 0.25) is 0 Å². The number of ether oxygens (including phenoxy) is 2. The van der Waals surface area contributed by atoms with Crippen LogP contribution >= 0.6 is 0 Å². The zero-order valence-electron chi connectivity index (χ0n) is 13.6. The fourth-order valence-electron chi connectivity index (χ4n) is 3.21. The summed E-state index contributed by atoms with van der Waals surface area (Å²) in [4.78, 5) is 24.9. The van der Waals surface area contributed by atoms with Crippen molar-refractivity contribution < 1.29 is 27.8 Å². The molecule has 1 unspecified atom stereocenters. The molecule has 5 nitrogen and oxygen atoms in total. The van der Waals surface area contributed by atoms with Gasteiger partial charge in [-0.15, -0.1) is 0 Å². The Hall–Kier alpha value is -2.70. The Morgan fingerprint density at radius 3 is 2.80 bits per heavy atom. The van der Waals surface area contributed by atoms with Gasteiger partial charge in [-0.05, 0) is 19.4 Å². The number of hydrogen-bond acceptors (Lipinski definition) is 5. The van der Waals surface area contributed by atoms with Gasteiger partial charge < -0.3 is 15.2 Å². The summed E-state index contributed by atoms with van der Waals surface area (Å²) in [6.45, 7) is 1.69. The van der Waals surface area contributed by atoms with Gasteiger partial charge in [0.1, 0.15) is 23.0 Å². The first-order valence-corrected chi connectivity index (χ1v) is 7.99. The first kappa shape index (κ1) is 17.1. The lowest BCUT2D eigenvalue weighted by Gasteiger charge is -2.32. The van der Waals surface area contributed by atoms with E-state index in [1.165, 1.54) is 6.07 Å². The van der Waals surface area contributed by atoms with Crippen LogP contribution in [0.3, 0.4) is 0 Å². The van der Waals surface area contributed by atoms with Crippen molar-refractivity contribution in [2.24, 2.45) is 5.73 Å². The Kier molecular flexibility index (Phi) is 4.57. The molecule has 0 aromatic heterocycles. The largest absolute Gasteiger partial charge is 0.462 e. The molecule has 0 bridgehead atoms. The molecule has 0 saturated carbocycles. The van der Waals surface area contributed by atoms with Crippen LogP contribution in [-0.2, 0) is 19.1 Å². The third-order valence-electron chi connectivity index (χ3n) is 4.25. The normalized spacial score (nSPS) is 20.3. The van der Waals surface area contributed by atoms with Crippen molar-refractivity contribution >= 4 is 11.8 Å². The third kappa shape index (κ3) is 3.01. The van der Waals surface area contributed by atoms with Crippen molar-refractivity contribution in [1.29, 1.82) is 0 Å². The number of hydrogen-bond donors (Lipinski definition) is 1. The second-order valence-electron chi connectivity index (χ2n) is 5.81. The van der Waals surface area contributed by atoms with Crippen LogP contribution in [0.1, 0.15) is 37.7 Å². The second-order valence-corrected chi connectivity index (χ2v) is 5.81. The van der Waals surface area contributed by atoms with Crippen molar-refractivity contribution in [3.8, 4) is 0 Å². The van der Waals surface area contributed by atoms with Gasteiger partial charge in [-0.3, -0.25) is 4.79 Å². The molecular formula is C18H17F2NO4. The maximum absolute atomic E-state index is 14.4. The summed E-state index contributed by atoms with van der Waals surface area (Å²) in [5.41, 5.74) is 5.92. The number of halogens is 2. The van der Waals surface area contributed by atoms with Gasteiger partial charge in [0, 0.05) is 30.0 Å². The summed E-state index contributed by atoms with van der Waals surface area (Å²) < 4.78 is 38.2. The van der Waals surface area contributed by atoms with E-state index in [0.29, 0.717) is 24.7 Å². The van der Waals surface area contributed by atoms with Gasteiger partial charge in [0.25, 0.3) is 0 Å². The fraction of sp³-hybridized carbons (Fsp3) is 0.333. The molecule has 1 atom stereocenters. The average Bonchev–Trinajstić information content (AvgIpc) is 2.54. The summed E-state index contributed by atoms with van der Waals surface area (Å²) in [5.74, 6) is -3.63. The van der Waals surface area contributed by atoms with E-state index >= 15 is 0 Å². The van der Waals surface area contributed by atoms with Crippen LogP contribution in [0.4, 0.5) is 8.78 Å². The molecule has 2 aliphatic rings. The number of ketones is 1. The smallest absolute Gasteiger partial charge is 0.340 e. The predicted molar refractivity (Wildman–Crippen MR) is 83.9 cm³/mol. The van der Waals surface area contributed by atoms with Gasteiger partial charge in [0.15, 0.2) is 5.78 Å². The van der Waals surface area contributed by atoms with Gasteiger partial charge in [-0.2, -0.15) is 0 Å². The van der Waals surface area contributed by atoms with Crippen molar-refractivity contribution in [3.05, 3.63) is 58.2 Å². The molecule has 0 saturated heterocycles. The van der Waals surface area contributed by atoms with Crippen LogP contribution < -0.4 is 5.73 Å². The van der Waals surface area contributed by atoms with Crippen LogP contribution in [0.25, 0.3) is 0 Å². The summed E-state index contributed by atoms with van der Waals surface area (Å²) >= 11 is 0. The van der Waals surface area contributed by atoms with Crippen LogP contribution in [0.5, 0.6) is 0 Å². The summed E-state index contributed by atoms with van der Waals surface area (Å²) in [7, 11) is 0. The SMILES string of the molecule is CCOC(=O)C1=C(N)OC2=C(C(=O)CCC2)C1c1ccc(F)cc1F. The van der Waals surface area contributed by atoms with E-state index in [1.807, 2.05) is 0 Å². The zero-order chi connectivity index (χ0) is 18.1. The summed E-state index contributed by atoms with van der Waals surface area (Å²) in [6.07, 6.45) is 1.30. The Morgan fingerprint density at radius 2 is 2.12 bits per heavy atom. The van der Waals surface area contributed by atoms with E-state index < -0.39 is 23.5 Å². The lowest BCUT2D eigenvalue weighted by Crippen LogP contribution is -2.32. The van der Waals surface area contributed by atoms with Gasteiger partial charge in [-0.25, -0.2) is 13.6 Å². The van der Waals surface area contributed by atoms with Gasteiger partial charge in [0.05, 0.1) is 12.5 Å². The number of carbonyl (C=O) groups is 2. The molecule has 0 spiro atoms. The highest BCUT2D eigenvalue weighted by atomic mass is 19.1. The van der Waals surface area contributed by atoms with Crippen molar-refractivity contribution in [2.75, 3.05) is 6.61 Å². The van der Waals surface area contributed by atoms with E-state index in [1.54, 1.807) is 6.92 Å². The molecule has 0 amide bonds. The third-order valence-corrected chi connectivity index (χ3v) is 4.25. The van der Waals surface area contributed by atoms with Crippen molar-refractivity contribution in [3.63, 3.8) is 0 Å². The Balaban J connectivity index is 2.20. The highest BCUT2D eigenvalue weighted by Crippen LogP contribution is 2.44. The number of Topliss-reactive ketones (excluding diaryl/α,β-unsaturated/α-hetero) is 1. The highest BCUT2D eigenvalue weighted by molar-refractivity contribution is 6.03. The molecule has 25 heavy (non-hydrogen) atoms. The Bertz CT molecular complexity index is 813. The molecule has 1 aliphatic heterocycles. The van der Waals surface area contributed by atoms with E-state index in [2.05, 4.69) is 0 Å². The maximum Gasteiger partial charge on any atom is 0.340 e. The van der Waals surface area contributed by atoms with Crippen molar-refractivity contribution in [2.45, 2.75) is 32.1 Å². The molecule has 2 N–H and O–H groups in total. The number of rotatable bonds is 3. The zero-order valence-corrected chi connectivity index (χ0v) is 13.6. The van der Waals surface area contributed by atoms with Crippen LogP contribution in [0.15, 0.2) is 41.0 Å². The molecule has 1 heterocycles. The minimum absolute atomic E-state index is 0.0153. The lowest BCUT2D eigenvalue weighted by atomic mass is 9.77. The summed E-state index contributed by atoms with van der Waals surface area (Å²) in [5, 5.41) is 0. The first-order valence-electron chi connectivity index (χ1n) is 7.99. The molecule has 3 rings (SSSR count). The molecule has 7 heteroatoms. The average molecular weight is 349 g/mol.